The Kier molecular flexibility index (Phi) is 4.62. The Hall–Kier alpha value is -0.350. The molecule has 0 unspecified atom stereocenters. The van der Waals surface area contributed by atoms with E-state index >= 15 is 0 Å². The molecule has 1 saturated carbocycles. The van der Waals surface area contributed by atoms with Gasteiger partial charge in [0.05, 0.1) is 15.9 Å². The molecule has 1 N–H and O–H groups in total. The van der Waals surface area contributed by atoms with Crippen LogP contribution in [0.3, 0.4) is 0 Å². The van der Waals surface area contributed by atoms with Crippen LogP contribution in [0, 0.1) is 12.8 Å². The maximum Gasteiger partial charge on any atom is 0.0739 e. The molecule has 0 bridgehead atoms. The molecular formula is C13H22BrN3. The minimum atomic E-state index is 0.886. The van der Waals surface area contributed by atoms with Crippen molar-refractivity contribution in [1.82, 2.24) is 15.1 Å². The molecule has 1 aromatic rings. The minimum Gasteiger partial charge on any atom is -0.311 e. The topological polar surface area (TPSA) is 29.9 Å². The molecular weight excluding hydrogens is 278 g/mol. The van der Waals surface area contributed by atoms with Crippen molar-refractivity contribution in [3.8, 4) is 0 Å². The fourth-order valence-electron chi connectivity index (χ4n) is 2.66. The van der Waals surface area contributed by atoms with E-state index in [-0.39, 0.29) is 0 Å². The Balaban J connectivity index is 1.81. The van der Waals surface area contributed by atoms with Gasteiger partial charge in [-0.25, -0.2) is 0 Å². The third-order valence-corrected chi connectivity index (χ3v) is 4.74. The van der Waals surface area contributed by atoms with E-state index in [1.165, 1.54) is 37.8 Å². The molecule has 3 nitrogen and oxygen atoms in total. The summed E-state index contributed by atoms with van der Waals surface area (Å²) in [5.74, 6) is 0.886. The highest BCUT2D eigenvalue weighted by Crippen LogP contribution is 2.23. The first-order valence-electron chi connectivity index (χ1n) is 6.57. The lowest BCUT2D eigenvalue weighted by Crippen LogP contribution is -2.25. The van der Waals surface area contributed by atoms with E-state index in [9.17, 15) is 0 Å². The van der Waals surface area contributed by atoms with Gasteiger partial charge in [-0.1, -0.05) is 19.3 Å². The van der Waals surface area contributed by atoms with Gasteiger partial charge in [0, 0.05) is 13.6 Å². The minimum absolute atomic E-state index is 0.886. The summed E-state index contributed by atoms with van der Waals surface area (Å²) in [5.41, 5.74) is 2.32. The Morgan fingerprint density at radius 2 is 2.06 bits per heavy atom. The second kappa shape index (κ2) is 6.01. The summed E-state index contributed by atoms with van der Waals surface area (Å²) in [6.07, 6.45) is 7.07. The number of rotatable bonds is 4. The van der Waals surface area contributed by atoms with Crippen molar-refractivity contribution in [3.05, 3.63) is 15.9 Å². The fraction of sp³-hybridized carbons (Fsp3) is 0.769. The van der Waals surface area contributed by atoms with Gasteiger partial charge in [0.1, 0.15) is 0 Å². The van der Waals surface area contributed by atoms with E-state index in [2.05, 4.69) is 26.3 Å². The zero-order valence-electron chi connectivity index (χ0n) is 10.8. The van der Waals surface area contributed by atoms with Crippen molar-refractivity contribution in [2.45, 2.75) is 45.6 Å². The molecule has 1 aliphatic carbocycles. The van der Waals surface area contributed by atoms with Gasteiger partial charge < -0.3 is 5.32 Å². The summed E-state index contributed by atoms with van der Waals surface area (Å²) in [4.78, 5) is 0. The molecule has 1 aliphatic rings. The van der Waals surface area contributed by atoms with E-state index in [0.717, 1.165) is 29.2 Å². The average molecular weight is 300 g/mol. The number of aromatic nitrogens is 2. The standard InChI is InChI=1S/C13H22BrN3/c1-10-13(14)12(17(2)16-10)9-15-8-11-6-4-3-5-7-11/h11,15H,3-9H2,1-2H3. The molecule has 17 heavy (non-hydrogen) atoms. The number of aryl methyl sites for hydroxylation is 2. The lowest BCUT2D eigenvalue weighted by Gasteiger charge is -2.21. The Bertz CT molecular complexity index is 367. The van der Waals surface area contributed by atoms with Crippen molar-refractivity contribution in [3.63, 3.8) is 0 Å². The number of hydrogen-bond donors (Lipinski definition) is 1. The first-order chi connectivity index (χ1) is 8.18. The molecule has 0 radical (unpaired) electrons. The van der Waals surface area contributed by atoms with Crippen LogP contribution in [0.1, 0.15) is 43.5 Å². The van der Waals surface area contributed by atoms with Crippen molar-refractivity contribution < 1.29 is 0 Å². The van der Waals surface area contributed by atoms with Crippen molar-refractivity contribution in [2.24, 2.45) is 13.0 Å². The lowest BCUT2D eigenvalue weighted by atomic mass is 9.89. The fourth-order valence-corrected chi connectivity index (χ4v) is 3.13. The molecule has 0 saturated heterocycles. The smallest absolute Gasteiger partial charge is 0.0739 e. The monoisotopic (exact) mass is 299 g/mol. The van der Waals surface area contributed by atoms with Gasteiger partial charge in [0.15, 0.2) is 0 Å². The van der Waals surface area contributed by atoms with E-state index in [0.29, 0.717) is 0 Å². The molecule has 4 heteroatoms. The molecule has 0 aromatic carbocycles. The molecule has 0 spiro atoms. The normalized spacial score (nSPS) is 17.6. The van der Waals surface area contributed by atoms with Crippen molar-refractivity contribution in [1.29, 1.82) is 0 Å². The molecule has 0 atom stereocenters. The summed E-state index contributed by atoms with van der Waals surface area (Å²) in [5, 5.41) is 7.98. The van der Waals surface area contributed by atoms with Crippen molar-refractivity contribution in [2.75, 3.05) is 6.54 Å². The maximum atomic E-state index is 4.41. The summed E-state index contributed by atoms with van der Waals surface area (Å²) in [6, 6.07) is 0. The van der Waals surface area contributed by atoms with Crippen LogP contribution in [0.15, 0.2) is 4.47 Å². The number of nitrogens with zero attached hydrogens (tertiary/aromatic N) is 2. The molecule has 1 heterocycles. The van der Waals surface area contributed by atoms with Gasteiger partial charge in [-0.3, -0.25) is 4.68 Å². The summed E-state index contributed by atoms with van der Waals surface area (Å²) in [7, 11) is 2.01. The van der Waals surface area contributed by atoms with Gasteiger partial charge in [0.25, 0.3) is 0 Å². The number of halogens is 1. The quantitative estimate of drug-likeness (QED) is 0.925. The van der Waals surface area contributed by atoms with Gasteiger partial charge in [0.2, 0.25) is 0 Å². The van der Waals surface area contributed by atoms with Crippen LogP contribution in [0.25, 0.3) is 0 Å². The van der Waals surface area contributed by atoms with Crippen LogP contribution < -0.4 is 5.32 Å². The van der Waals surface area contributed by atoms with Crippen molar-refractivity contribution >= 4 is 15.9 Å². The SMILES string of the molecule is Cc1nn(C)c(CNCC2CCCCC2)c1Br. The number of hydrogen-bond acceptors (Lipinski definition) is 2. The van der Waals surface area contributed by atoms with Gasteiger partial charge in [-0.15, -0.1) is 0 Å². The van der Waals surface area contributed by atoms with Crippen LogP contribution in [0.5, 0.6) is 0 Å². The first kappa shape index (κ1) is 13.1. The third-order valence-electron chi connectivity index (χ3n) is 3.71. The lowest BCUT2D eigenvalue weighted by molar-refractivity contribution is 0.340. The van der Waals surface area contributed by atoms with Crippen LogP contribution in [0.2, 0.25) is 0 Å². The van der Waals surface area contributed by atoms with E-state index in [4.69, 9.17) is 0 Å². The second-order valence-electron chi connectivity index (χ2n) is 5.10. The second-order valence-corrected chi connectivity index (χ2v) is 5.90. The van der Waals surface area contributed by atoms with E-state index in [1.54, 1.807) is 0 Å². The highest BCUT2D eigenvalue weighted by molar-refractivity contribution is 9.10. The Labute approximate surface area is 112 Å². The molecule has 96 valence electrons. The highest BCUT2D eigenvalue weighted by atomic mass is 79.9. The Morgan fingerprint density at radius 1 is 1.35 bits per heavy atom. The summed E-state index contributed by atoms with van der Waals surface area (Å²) >= 11 is 3.60. The molecule has 1 aromatic heterocycles. The van der Waals surface area contributed by atoms with E-state index in [1.807, 2.05) is 18.7 Å². The number of nitrogens with one attached hydrogen (secondary N) is 1. The van der Waals surface area contributed by atoms with Crippen LogP contribution in [-0.4, -0.2) is 16.3 Å². The van der Waals surface area contributed by atoms with Gasteiger partial charge in [-0.05, 0) is 48.2 Å². The zero-order chi connectivity index (χ0) is 12.3. The van der Waals surface area contributed by atoms with E-state index < -0.39 is 0 Å². The van der Waals surface area contributed by atoms with Crippen LogP contribution in [-0.2, 0) is 13.6 Å². The predicted molar refractivity (Wildman–Crippen MR) is 73.9 cm³/mol. The summed E-state index contributed by atoms with van der Waals surface area (Å²) in [6.45, 7) is 4.10. The predicted octanol–water partition coefficient (Wildman–Crippen LogP) is 3.16. The summed E-state index contributed by atoms with van der Waals surface area (Å²) < 4.78 is 3.11. The molecule has 0 aliphatic heterocycles. The largest absolute Gasteiger partial charge is 0.311 e. The molecule has 1 fully saturated rings. The Morgan fingerprint density at radius 3 is 2.65 bits per heavy atom. The van der Waals surface area contributed by atoms with Gasteiger partial charge in [-0.2, -0.15) is 5.10 Å². The molecule has 2 rings (SSSR count). The molecule has 0 amide bonds. The van der Waals surface area contributed by atoms with Crippen LogP contribution in [0.4, 0.5) is 0 Å². The van der Waals surface area contributed by atoms with Crippen LogP contribution >= 0.6 is 15.9 Å². The third kappa shape index (κ3) is 3.32. The zero-order valence-corrected chi connectivity index (χ0v) is 12.4. The average Bonchev–Trinajstić information content (AvgIpc) is 2.57. The highest BCUT2D eigenvalue weighted by Gasteiger charge is 2.14. The maximum absolute atomic E-state index is 4.41. The first-order valence-corrected chi connectivity index (χ1v) is 7.36. The van der Waals surface area contributed by atoms with Gasteiger partial charge >= 0.3 is 0 Å².